The number of halogens is 2. The molecule has 21 heavy (non-hydrogen) atoms. The van der Waals surface area contributed by atoms with E-state index in [0.717, 1.165) is 23.7 Å². The van der Waals surface area contributed by atoms with Gasteiger partial charge in [0.25, 0.3) is 0 Å². The molecule has 4 heteroatoms. The van der Waals surface area contributed by atoms with Crippen LogP contribution < -0.4 is 0 Å². The highest BCUT2D eigenvalue weighted by molar-refractivity contribution is 6.34. The van der Waals surface area contributed by atoms with Gasteiger partial charge in [-0.1, -0.05) is 43.1 Å². The first-order chi connectivity index (χ1) is 10.2. The number of hydrogen-bond donors (Lipinski definition) is 0. The smallest absolute Gasteiger partial charge is 0.164 e. The van der Waals surface area contributed by atoms with Crippen LogP contribution in [0, 0.1) is 5.82 Å². The molecule has 3 aromatic rings. The molecule has 3 rings (SSSR count). The predicted molar refractivity (Wildman–Crippen MR) is 83.9 cm³/mol. The summed E-state index contributed by atoms with van der Waals surface area (Å²) in [6.45, 7) is 2.13. The molecule has 1 heterocycles. The lowest BCUT2D eigenvalue weighted by Gasteiger charge is -2.07. The summed E-state index contributed by atoms with van der Waals surface area (Å²) < 4.78 is 13.8. The van der Waals surface area contributed by atoms with Gasteiger partial charge in [-0.15, -0.1) is 0 Å². The minimum atomic E-state index is -0.351. The van der Waals surface area contributed by atoms with Crippen molar-refractivity contribution < 1.29 is 4.39 Å². The summed E-state index contributed by atoms with van der Waals surface area (Å²) in [6, 6.07) is 12.4. The monoisotopic (exact) mass is 300 g/mol. The van der Waals surface area contributed by atoms with E-state index in [1.165, 1.54) is 11.6 Å². The van der Waals surface area contributed by atoms with Crippen molar-refractivity contribution in [1.29, 1.82) is 0 Å². The molecule has 0 N–H and O–H groups in total. The summed E-state index contributed by atoms with van der Waals surface area (Å²) in [7, 11) is 0. The molecule has 0 spiro atoms. The van der Waals surface area contributed by atoms with Crippen LogP contribution in [-0.2, 0) is 6.42 Å². The Morgan fingerprint density at radius 3 is 2.67 bits per heavy atom. The molecular weight excluding hydrogens is 287 g/mol. The van der Waals surface area contributed by atoms with Crippen molar-refractivity contribution in [2.24, 2.45) is 0 Å². The number of fused-ring (bicyclic) bond motifs is 1. The first-order valence-electron chi connectivity index (χ1n) is 6.90. The van der Waals surface area contributed by atoms with E-state index < -0.39 is 0 Å². The van der Waals surface area contributed by atoms with Gasteiger partial charge in [-0.05, 0) is 36.2 Å². The minimum absolute atomic E-state index is 0.314. The minimum Gasteiger partial charge on any atom is -0.228 e. The lowest BCUT2D eigenvalue weighted by Crippen LogP contribution is -1.95. The van der Waals surface area contributed by atoms with E-state index in [2.05, 4.69) is 16.9 Å². The van der Waals surface area contributed by atoms with Crippen molar-refractivity contribution >= 4 is 22.5 Å². The third-order valence-electron chi connectivity index (χ3n) is 3.37. The van der Waals surface area contributed by atoms with Gasteiger partial charge >= 0.3 is 0 Å². The van der Waals surface area contributed by atoms with Crippen molar-refractivity contribution in [3.05, 3.63) is 59.0 Å². The number of hydrogen-bond acceptors (Lipinski definition) is 2. The Hall–Kier alpha value is -2.00. The first-order valence-corrected chi connectivity index (χ1v) is 7.28. The van der Waals surface area contributed by atoms with Crippen LogP contribution in [0.5, 0.6) is 0 Å². The molecule has 0 saturated carbocycles. The zero-order valence-electron chi connectivity index (χ0n) is 11.6. The SMILES string of the molecule is CCCc1ccc2nc(-c3ccccc3F)nc(Cl)c2c1. The number of aryl methyl sites for hydroxylation is 1. The number of benzene rings is 2. The van der Waals surface area contributed by atoms with E-state index in [9.17, 15) is 4.39 Å². The third kappa shape index (κ3) is 2.74. The molecule has 2 nitrogen and oxygen atoms in total. The lowest BCUT2D eigenvalue weighted by atomic mass is 10.1. The summed E-state index contributed by atoms with van der Waals surface area (Å²) in [5.74, 6) is -0.0376. The van der Waals surface area contributed by atoms with Crippen LogP contribution in [0.25, 0.3) is 22.3 Å². The normalized spacial score (nSPS) is 11.0. The van der Waals surface area contributed by atoms with Crippen LogP contribution in [0.3, 0.4) is 0 Å². The van der Waals surface area contributed by atoms with E-state index in [1.807, 2.05) is 18.2 Å². The van der Waals surface area contributed by atoms with Gasteiger partial charge in [0.15, 0.2) is 5.82 Å². The molecular formula is C17H14ClFN2. The fraction of sp³-hybridized carbons (Fsp3) is 0.176. The second-order valence-corrected chi connectivity index (χ2v) is 5.28. The van der Waals surface area contributed by atoms with Crippen LogP contribution in [0.2, 0.25) is 5.15 Å². The lowest BCUT2D eigenvalue weighted by molar-refractivity contribution is 0.630. The quantitative estimate of drug-likeness (QED) is 0.633. The highest BCUT2D eigenvalue weighted by Crippen LogP contribution is 2.27. The average Bonchev–Trinajstić information content (AvgIpc) is 2.48. The van der Waals surface area contributed by atoms with Gasteiger partial charge in [0.2, 0.25) is 0 Å². The van der Waals surface area contributed by atoms with Crippen LogP contribution in [0.15, 0.2) is 42.5 Å². The van der Waals surface area contributed by atoms with Crippen molar-refractivity contribution in [2.75, 3.05) is 0 Å². The molecule has 0 unspecified atom stereocenters. The summed E-state index contributed by atoms with van der Waals surface area (Å²) in [6.07, 6.45) is 2.05. The molecule has 0 aliphatic carbocycles. The number of rotatable bonds is 3. The van der Waals surface area contributed by atoms with Gasteiger partial charge in [0.1, 0.15) is 11.0 Å². The van der Waals surface area contributed by atoms with E-state index >= 15 is 0 Å². The molecule has 0 aliphatic rings. The predicted octanol–water partition coefficient (Wildman–Crippen LogP) is 5.04. The van der Waals surface area contributed by atoms with Gasteiger partial charge in [-0.25, -0.2) is 14.4 Å². The molecule has 0 amide bonds. The second kappa shape index (κ2) is 5.78. The second-order valence-electron chi connectivity index (χ2n) is 4.92. The maximum atomic E-state index is 13.8. The van der Waals surface area contributed by atoms with E-state index in [-0.39, 0.29) is 5.82 Å². The highest BCUT2D eigenvalue weighted by Gasteiger charge is 2.11. The van der Waals surface area contributed by atoms with Gasteiger partial charge in [-0.3, -0.25) is 0 Å². The zero-order valence-corrected chi connectivity index (χ0v) is 12.4. The molecule has 0 radical (unpaired) electrons. The number of aromatic nitrogens is 2. The fourth-order valence-corrected chi connectivity index (χ4v) is 2.58. The van der Waals surface area contributed by atoms with Crippen LogP contribution in [0.4, 0.5) is 4.39 Å². The highest BCUT2D eigenvalue weighted by atomic mass is 35.5. The standard InChI is InChI=1S/C17H14ClFN2/c1-2-5-11-8-9-15-13(10-11)16(18)21-17(20-15)12-6-3-4-7-14(12)19/h3-4,6-10H,2,5H2,1H3. The molecule has 0 fully saturated rings. The number of nitrogens with zero attached hydrogens (tertiary/aromatic N) is 2. The first kappa shape index (κ1) is 14.0. The molecule has 1 aromatic heterocycles. The van der Waals surface area contributed by atoms with Gasteiger partial charge in [-0.2, -0.15) is 0 Å². The topological polar surface area (TPSA) is 25.8 Å². The van der Waals surface area contributed by atoms with E-state index in [4.69, 9.17) is 11.6 Å². The molecule has 2 aromatic carbocycles. The largest absolute Gasteiger partial charge is 0.228 e. The van der Waals surface area contributed by atoms with Gasteiger partial charge < -0.3 is 0 Å². The van der Waals surface area contributed by atoms with E-state index in [0.29, 0.717) is 16.5 Å². The van der Waals surface area contributed by atoms with Crippen molar-refractivity contribution in [3.8, 4) is 11.4 Å². The maximum Gasteiger partial charge on any atom is 0.164 e. The Kier molecular flexibility index (Phi) is 3.84. The molecule has 106 valence electrons. The summed E-state index contributed by atoms with van der Waals surface area (Å²) >= 11 is 6.26. The van der Waals surface area contributed by atoms with Gasteiger partial charge in [0, 0.05) is 5.39 Å². The maximum absolute atomic E-state index is 13.8. The summed E-state index contributed by atoms with van der Waals surface area (Å²) in [5, 5.41) is 1.17. The van der Waals surface area contributed by atoms with Crippen LogP contribution in [-0.4, -0.2) is 9.97 Å². The average molecular weight is 301 g/mol. The van der Waals surface area contributed by atoms with Crippen LogP contribution >= 0.6 is 11.6 Å². The van der Waals surface area contributed by atoms with Gasteiger partial charge in [0.05, 0.1) is 11.1 Å². The molecule has 0 aliphatic heterocycles. The molecule has 0 bridgehead atoms. The Balaban J connectivity index is 2.16. The molecule has 0 saturated heterocycles. The van der Waals surface area contributed by atoms with Crippen LogP contribution in [0.1, 0.15) is 18.9 Å². The third-order valence-corrected chi connectivity index (χ3v) is 3.66. The van der Waals surface area contributed by atoms with E-state index in [1.54, 1.807) is 18.2 Å². The summed E-state index contributed by atoms with van der Waals surface area (Å²) in [5.41, 5.74) is 2.29. The van der Waals surface area contributed by atoms with Crippen molar-refractivity contribution in [3.63, 3.8) is 0 Å². The Bertz CT molecular complexity index is 802. The van der Waals surface area contributed by atoms with Crippen molar-refractivity contribution in [2.45, 2.75) is 19.8 Å². The summed E-state index contributed by atoms with van der Waals surface area (Å²) in [4.78, 5) is 8.68. The Labute approximate surface area is 127 Å². The molecule has 0 atom stereocenters. The fourth-order valence-electron chi connectivity index (χ4n) is 2.35. The Morgan fingerprint density at radius 1 is 1.10 bits per heavy atom. The van der Waals surface area contributed by atoms with Crippen molar-refractivity contribution in [1.82, 2.24) is 9.97 Å². The Morgan fingerprint density at radius 2 is 1.90 bits per heavy atom. The zero-order chi connectivity index (χ0) is 14.8.